The highest BCUT2D eigenvalue weighted by atomic mass is 16.5. The first-order valence-corrected chi connectivity index (χ1v) is 9.37. The number of ether oxygens (including phenoxy) is 1. The van der Waals surface area contributed by atoms with Crippen LogP contribution < -0.4 is 0 Å². The summed E-state index contributed by atoms with van der Waals surface area (Å²) in [5, 5.41) is 2.43. The Kier molecular flexibility index (Phi) is 4.99. The normalized spacial score (nSPS) is 21.8. The Morgan fingerprint density at radius 2 is 1.84 bits per heavy atom. The number of rotatable bonds is 4. The van der Waals surface area contributed by atoms with E-state index in [4.69, 9.17) is 4.74 Å². The zero-order valence-corrected chi connectivity index (χ0v) is 14.7. The van der Waals surface area contributed by atoms with Crippen LogP contribution in [0.15, 0.2) is 42.5 Å². The number of benzene rings is 2. The average Bonchev–Trinajstić information content (AvgIpc) is 3.15. The van der Waals surface area contributed by atoms with Crippen LogP contribution in [0.25, 0.3) is 10.8 Å². The summed E-state index contributed by atoms with van der Waals surface area (Å²) in [4.78, 5) is 17.1. The number of fused-ring (bicyclic) bond motifs is 1. The second-order valence-electron chi connectivity index (χ2n) is 7.17. The second kappa shape index (κ2) is 7.54. The zero-order valence-electron chi connectivity index (χ0n) is 14.7. The minimum Gasteiger partial charge on any atom is -0.377 e. The summed E-state index contributed by atoms with van der Waals surface area (Å²) in [5.41, 5.74) is 1.10. The van der Waals surface area contributed by atoms with Crippen molar-refractivity contribution in [3.8, 4) is 0 Å². The first kappa shape index (κ1) is 16.6. The molecule has 2 fully saturated rings. The SMILES string of the molecule is O=C(Cc1ccc2ccccc2c1)N1CCN(CC2CCCO2)CC1. The van der Waals surface area contributed by atoms with Crippen molar-refractivity contribution in [2.45, 2.75) is 25.4 Å². The van der Waals surface area contributed by atoms with Crippen LogP contribution in [-0.2, 0) is 16.0 Å². The van der Waals surface area contributed by atoms with Crippen LogP contribution in [0.1, 0.15) is 18.4 Å². The molecule has 0 radical (unpaired) electrons. The molecular formula is C21H26N2O2. The fourth-order valence-electron chi connectivity index (χ4n) is 3.89. The number of carbonyl (C=O) groups is 1. The summed E-state index contributed by atoms with van der Waals surface area (Å²) in [5.74, 6) is 0.243. The lowest BCUT2D eigenvalue weighted by molar-refractivity contribution is -0.132. The maximum Gasteiger partial charge on any atom is 0.227 e. The second-order valence-corrected chi connectivity index (χ2v) is 7.17. The number of hydrogen-bond acceptors (Lipinski definition) is 3. The molecule has 0 N–H and O–H groups in total. The molecule has 2 saturated heterocycles. The van der Waals surface area contributed by atoms with E-state index in [1.165, 1.54) is 23.6 Å². The molecule has 25 heavy (non-hydrogen) atoms. The standard InChI is InChI=1S/C21H26N2O2/c24-21(15-17-7-8-18-4-1-2-5-19(18)14-17)23-11-9-22(10-12-23)16-20-6-3-13-25-20/h1-2,4-5,7-8,14,20H,3,6,9-13,15-16H2. The molecule has 0 bridgehead atoms. The fourth-order valence-corrected chi connectivity index (χ4v) is 3.89. The molecule has 2 heterocycles. The van der Waals surface area contributed by atoms with E-state index in [0.717, 1.165) is 44.9 Å². The minimum atomic E-state index is 0.243. The van der Waals surface area contributed by atoms with Gasteiger partial charge in [-0.15, -0.1) is 0 Å². The van der Waals surface area contributed by atoms with Crippen molar-refractivity contribution >= 4 is 16.7 Å². The molecule has 4 rings (SSSR count). The maximum atomic E-state index is 12.6. The van der Waals surface area contributed by atoms with E-state index in [9.17, 15) is 4.79 Å². The molecule has 0 saturated carbocycles. The van der Waals surface area contributed by atoms with Gasteiger partial charge in [-0.25, -0.2) is 0 Å². The summed E-state index contributed by atoms with van der Waals surface area (Å²) >= 11 is 0. The molecule has 2 aliphatic rings. The largest absolute Gasteiger partial charge is 0.377 e. The van der Waals surface area contributed by atoms with Gasteiger partial charge in [0.2, 0.25) is 5.91 Å². The molecular weight excluding hydrogens is 312 g/mol. The molecule has 0 aliphatic carbocycles. The highest BCUT2D eigenvalue weighted by Gasteiger charge is 2.24. The monoisotopic (exact) mass is 338 g/mol. The van der Waals surface area contributed by atoms with E-state index >= 15 is 0 Å². The highest BCUT2D eigenvalue weighted by Crippen LogP contribution is 2.17. The maximum absolute atomic E-state index is 12.6. The Labute approximate surface area is 149 Å². The lowest BCUT2D eigenvalue weighted by Crippen LogP contribution is -2.50. The lowest BCUT2D eigenvalue weighted by Gasteiger charge is -2.35. The van der Waals surface area contributed by atoms with Gasteiger partial charge in [0.1, 0.15) is 0 Å². The first-order valence-electron chi connectivity index (χ1n) is 9.37. The lowest BCUT2D eigenvalue weighted by atomic mass is 10.0. The predicted octanol–water partition coefficient (Wildman–Crippen LogP) is 2.71. The van der Waals surface area contributed by atoms with Gasteiger partial charge in [-0.2, -0.15) is 0 Å². The van der Waals surface area contributed by atoms with Crippen LogP contribution in [0.2, 0.25) is 0 Å². The van der Waals surface area contributed by atoms with Gasteiger partial charge in [0.25, 0.3) is 0 Å². The summed E-state index contributed by atoms with van der Waals surface area (Å²) in [6.45, 7) is 5.52. The van der Waals surface area contributed by atoms with Gasteiger partial charge >= 0.3 is 0 Å². The Morgan fingerprint density at radius 1 is 1.04 bits per heavy atom. The Morgan fingerprint density at radius 3 is 2.60 bits per heavy atom. The van der Waals surface area contributed by atoms with Crippen LogP contribution in [0, 0.1) is 0 Å². The smallest absolute Gasteiger partial charge is 0.227 e. The summed E-state index contributed by atoms with van der Waals surface area (Å²) in [6.07, 6.45) is 3.27. The molecule has 4 nitrogen and oxygen atoms in total. The third-order valence-corrected chi connectivity index (χ3v) is 5.38. The molecule has 1 atom stereocenters. The number of carbonyl (C=O) groups excluding carboxylic acids is 1. The van der Waals surface area contributed by atoms with Gasteiger partial charge in [0, 0.05) is 39.3 Å². The number of amides is 1. The number of nitrogens with zero attached hydrogens (tertiary/aromatic N) is 2. The zero-order chi connectivity index (χ0) is 17.1. The third kappa shape index (κ3) is 4.02. The molecule has 2 aliphatic heterocycles. The van der Waals surface area contributed by atoms with Crippen molar-refractivity contribution in [3.05, 3.63) is 48.0 Å². The van der Waals surface area contributed by atoms with Crippen LogP contribution in [0.4, 0.5) is 0 Å². The van der Waals surface area contributed by atoms with E-state index in [0.29, 0.717) is 12.5 Å². The van der Waals surface area contributed by atoms with E-state index in [-0.39, 0.29) is 5.91 Å². The molecule has 1 amide bonds. The average molecular weight is 338 g/mol. The predicted molar refractivity (Wildman–Crippen MR) is 99.6 cm³/mol. The van der Waals surface area contributed by atoms with Gasteiger partial charge in [0.05, 0.1) is 12.5 Å². The van der Waals surface area contributed by atoms with Gasteiger partial charge < -0.3 is 9.64 Å². The first-order chi connectivity index (χ1) is 12.3. The molecule has 0 aromatic heterocycles. The van der Waals surface area contributed by atoms with Crippen molar-refractivity contribution in [3.63, 3.8) is 0 Å². The van der Waals surface area contributed by atoms with Crippen molar-refractivity contribution in [1.29, 1.82) is 0 Å². The topological polar surface area (TPSA) is 32.8 Å². The molecule has 132 valence electrons. The molecule has 1 unspecified atom stereocenters. The van der Waals surface area contributed by atoms with E-state index < -0.39 is 0 Å². The van der Waals surface area contributed by atoms with Crippen molar-refractivity contribution in [2.24, 2.45) is 0 Å². The van der Waals surface area contributed by atoms with Gasteiger partial charge in [0.15, 0.2) is 0 Å². The van der Waals surface area contributed by atoms with Crippen molar-refractivity contribution < 1.29 is 9.53 Å². The third-order valence-electron chi connectivity index (χ3n) is 5.38. The van der Waals surface area contributed by atoms with Gasteiger partial charge in [-0.05, 0) is 29.2 Å². The van der Waals surface area contributed by atoms with Crippen LogP contribution in [0.5, 0.6) is 0 Å². The Hall–Kier alpha value is -1.91. The van der Waals surface area contributed by atoms with Gasteiger partial charge in [-0.1, -0.05) is 42.5 Å². The Bertz CT molecular complexity index is 732. The molecule has 4 heteroatoms. The van der Waals surface area contributed by atoms with Crippen molar-refractivity contribution in [1.82, 2.24) is 9.80 Å². The highest BCUT2D eigenvalue weighted by molar-refractivity contribution is 5.85. The number of hydrogen-bond donors (Lipinski definition) is 0. The molecule has 2 aromatic carbocycles. The molecule has 2 aromatic rings. The van der Waals surface area contributed by atoms with E-state index in [1.807, 2.05) is 17.0 Å². The van der Waals surface area contributed by atoms with Crippen molar-refractivity contribution in [2.75, 3.05) is 39.3 Å². The summed E-state index contributed by atoms with van der Waals surface area (Å²) in [7, 11) is 0. The van der Waals surface area contributed by atoms with Gasteiger partial charge in [-0.3, -0.25) is 9.69 Å². The number of piperazine rings is 1. The van der Waals surface area contributed by atoms with E-state index in [2.05, 4.69) is 35.2 Å². The summed E-state index contributed by atoms with van der Waals surface area (Å²) < 4.78 is 5.72. The molecule has 0 spiro atoms. The van der Waals surface area contributed by atoms with E-state index in [1.54, 1.807) is 0 Å². The van der Waals surface area contributed by atoms with Crippen LogP contribution >= 0.6 is 0 Å². The summed E-state index contributed by atoms with van der Waals surface area (Å²) in [6, 6.07) is 14.6. The Balaban J connectivity index is 1.30. The fraction of sp³-hybridized carbons (Fsp3) is 0.476. The minimum absolute atomic E-state index is 0.243. The van der Waals surface area contributed by atoms with Crippen LogP contribution in [0.3, 0.4) is 0 Å². The quantitative estimate of drug-likeness (QED) is 0.859. The van der Waals surface area contributed by atoms with Crippen LogP contribution in [-0.4, -0.2) is 61.1 Å².